The van der Waals surface area contributed by atoms with Crippen molar-refractivity contribution in [1.82, 2.24) is 9.99 Å². The van der Waals surface area contributed by atoms with Crippen LogP contribution in [0.15, 0.2) is 16.9 Å². The van der Waals surface area contributed by atoms with E-state index in [1.165, 1.54) is 6.07 Å². The molecular formula is C11H17N3O2. The van der Waals surface area contributed by atoms with Crippen LogP contribution in [0.5, 0.6) is 0 Å². The van der Waals surface area contributed by atoms with E-state index in [1.54, 1.807) is 10.6 Å². The number of amides is 1. The minimum atomic E-state index is -0.546. The average Bonchev–Trinajstić information content (AvgIpc) is 2.28. The number of pyridine rings is 1. The SMILES string of the molecule is CCCCn1c(C)ccc(C(=O)NN)c1=O. The average molecular weight is 223 g/mol. The Morgan fingerprint density at radius 3 is 2.75 bits per heavy atom. The smallest absolute Gasteiger partial charge is 0.270 e. The number of carbonyl (C=O) groups is 1. The minimum Gasteiger partial charge on any atom is -0.312 e. The van der Waals surface area contributed by atoms with Crippen molar-refractivity contribution in [2.75, 3.05) is 0 Å². The second kappa shape index (κ2) is 5.46. The molecule has 0 aliphatic rings. The highest BCUT2D eigenvalue weighted by atomic mass is 16.2. The van der Waals surface area contributed by atoms with Crippen LogP contribution < -0.4 is 16.8 Å². The van der Waals surface area contributed by atoms with Crippen LogP contribution in [0, 0.1) is 6.92 Å². The lowest BCUT2D eigenvalue weighted by atomic mass is 10.2. The molecule has 1 rings (SSSR count). The highest BCUT2D eigenvalue weighted by Gasteiger charge is 2.11. The number of nitrogens with one attached hydrogen (secondary N) is 1. The maximum atomic E-state index is 11.9. The largest absolute Gasteiger partial charge is 0.312 e. The van der Waals surface area contributed by atoms with Gasteiger partial charge >= 0.3 is 0 Å². The Balaban J connectivity index is 3.16. The Morgan fingerprint density at radius 2 is 2.19 bits per heavy atom. The van der Waals surface area contributed by atoms with Crippen LogP contribution in [-0.4, -0.2) is 10.5 Å². The van der Waals surface area contributed by atoms with E-state index in [0.29, 0.717) is 6.54 Å². The van der Waals surface area contributed by atoms with Gasteiger partial charge in [0.1, 0.15) is 5.56 Å². The highest BCUT2D eigenvalue weighted by molar-refractivity contribution is 5.93. The molecule has 0 aliphatic heterocycles. The second-order valence-corrected chi connectivity index (χ2v) is 3.67. The van der Waals surface area contributed by atoms with Gasteiger partial charge in [-0.3, -0.25) is 15.0 Å². The molecule has 0 unspecified atom stereocenters. The Labute approximate surface area is 94.2 Å². The maximum Gasteiger partial charge on any atom is 0.270 e. The van der Waals surface area contributed by atoms with Gasteiger partial charge in [0.05, 0.1) is 0 Å². The van der Waals surface area contributed by atoms with Crippen molar-refractivity contribution < 1.29 is 4.79 Å². The van der Waals surface area contributed by atoms with Crippen LogP contribution in [0.1, 0.15) is 35.8 Å². The molecule has 0 spiro atoms. The zero-order chi connectivity index (χ0) is 12.1. The summed E-state index contributed by atoms with van der Waals surface area (Å²) in [7, 11) is 0. The number of nitrogens with zero attached hydrogens (tertiary/aromatic N) is 1. The highest BCUT2D eigenvalue weighted by Crippen LogP contribution is 2.01. The van der Waals surface area contributed by atoms with Gasteiger partial charge in [0.2, 0.25) is 0 Å². The molecule has 1 amide bonds. The maximum absolute atomic E-state index is 11.9. The van der Waals surface area contributed by atoms with E-state index >= 15 is 0 Å². The van der Waals surface area contributed by atoms with Crippen LogP contribution in [0.3, 0.4) is 0 Å². The molecule has 1 aromatic heterocycles. The topological polar surface area (TPSA) is 77.1 Å². The van der Waals surface area contributed by atoms with E-state index in [-0.39, 0.29) is 11.1 Å². The van der Waals surface area contributed by atoms with Gasteiger partial charge in [-0.15, -0.1) is 0 Å². The molecule has 1 heterocycles. The number of hydrogen-bond donors (Lipinski definition) is 2. The fraction of sp³-hybridized carbons (Fsp3) is 0.455. The Morgan fingerprint density at radius 1 is 1.50 bits per heavy atom. The van der Waals surface area contributed by atoms with Crippen molar-refractivity contribution >= 4 is 5.91 Å². The molecule has 0 saturated carbocycles. The summed E-state index contributed by atoms with van der Waals surface area (Å²) in [5, 5.41) is 0. The van der Waals surface area contributed by atoms with Gasteiger partial charge in [0.25, 0.3) is 11.5 Å². The van der Waals surface area contributed by atoms with Crippen LogP contribution in [0.2, 0.25) is 0 Å². The molecule has 1 aromatic rings. The summed E-state index contributed by atoms with van der Waals surface area (Å²) < 4.78 is 1.61. The Kier molecular flexibility index (Phi) is 4.25. The lowest BCUT2D eigenvalue weighted by Gasteiger charge is -2.10. The third-order valence-electron chi connectivity index (χ3n) is 2.50. The number of aryl methyl sites for hydroxylation is 1. The summed E-state index contributed by atoms with van der Waals surface area (Å²) >= 11 is 0. The summed E-state index contributed by atoms with van der Waals surface area (Å²) in [6, 6.07) is 3.25. The first-order valence-electron chi connectivity index (χ1n) is 5.33. The summed E-state index contributed by atoms with van der Waals surface area (Å²) in [6.45, 7) is 4.53. The van der Waals surface area contributed by atoms with Crippen LogP contribution in [0.25, 0.3) is 0 Å². The summed E-state index contributed by atoms with van der Waals surface area (Å²) in [5.74, 6) is 4.47. The van der Waals surface area contributed by atoms with Gasteiger partial charge in [-0.1, -0.05) is 13.3 Å². The zero-order valence-electron chi connectivity index (χ0n) is 9.62. The van der Waals surface area contributed by atoms with Crippen molar-refractivity contribution in [3.8, 4) is 0 Å². The number of nitrogen functional groups attached to an aromatic ring is 1. The molecule has 0 atom stereocenters. The molecule has 0 aliphatic carbocycles. The number of hydrogen-bond acceptors (Lipinski definition) is 3. The van der Waals surface area contributed by atoms with Crippen LogP contribution in [0.4, 0.5) is 0 Å². The first-order valence-corrected chi connectivity index (χ1v) is 5.33. The van der Waals surface area contributed by atoms with Gasteiger partial charge in [0, 0.05) is 12.2 Å². The van der Waals surface area contributed by atoms with Crippen LogP contribution >= 0.6 is 0 Å². The Hall–Kier alpha value is -1.62. The van der Waals surface area contributed by atoms with Gasteiger partial charge in [-0.2, -0.15) is 0 Å². The predicted molar refractivity (Wildman–Crippen MR) is 62.0 cm³/mol. The van der Waals surface area contributed by atoms with Crippen molar-refractivity contribution in [1.29, 1.82) is 0 Å². The molecule has 16 heavy (non-hydrogen) atoms. The zero-order valence-corrected chi connectivity index (χ0v) is 9.62. The lowest BCUT2D eigenvalue weighted by molar-refractivity contribution is 0.0951. The number of unbranched alkanes of at least 4 members (excludes halogenated alkanes) is 1. The van der Waals surface area contributed by atoms with Crippen molar-refractivity contribution in [2.24, 2.45) is 5.84 Å². The third-order valence-corrected chi connectivity index (χ3v) is 2.50. The molecule has 0 radical (unpaired) electrons. The van der Waals surface area contributed by atoms with Gasteiger partial charge in [-0.05, 0) is 25.5 Å². The molecule has 3 N–H and O–H groups in total. The van der Waals surface area contributed by atoms with E-state index in [1.807, 2.05) is 12.3 Å². The molecule has 0 fully saturated rings. The second-order valence-electron chi connectivity index (χ2n) is 3.67. The van der Waals surface area contributed by atoms with E-state index in [9.17, 15) is 9.59 Å². The predicted octanol–water partition coefficient (Wildman–Crippen LogP) is 0.560. The number of carbonyl (C=O) groups excluding carboxylic acids is 1. The van der Waals surface area contributed by atoms with Crippen molar-refractivity contribution in [2.45, 2.75) is 33.2 Å². The molecular weight excluding hydrogens is 206 g/mol. The van der Waals surface area contributed by atoms with Gasteiger partial charge in [0.15, 0.2) is 0 Å². The minimum absolute atomic E-state index is 0.0872. The fourth-order valence-corrected chi connectivity index (χ4v) is 1.52. The quantitative estimate of drug-likeness (QED) is 0.445. The van der Waals surface area contributed by atoms with E-state index in [0.717, 1.165) is 18.5 Å². The van der Waals surface area contributed by atoms with E-state index < -0.39 is 5.91 Å². The number of rotatable bonds is 4. The van der Waals surface area contributed by atoms with E-state index in [4.69, 9.17) is 5.84 Å². The summed E-state index contributed by atoms with van der Waals surface area (Å²) in [4.78, 5) is 23.3. The van der Waals surface area contributed by atoms with Gasteiger partial charge in [-0.25, -0.2) is 5.84 Å². The van der Waals surface area contributed by atoms with Crippen molar-refractivity contribution in [3.63, 3.8) is 0 Å². The molecule has 88 valence electrons. The summed E-state index contributed by atoms with van der Waals surface area (Å²) in [5.41, 5.74) is 2.63. The first-order chi connectivity index (χ1) is 7.61. The Bertz CT molecular complexity index is 437. The standard InChI is InChI=1S/C11H17N3O2/c1-3-4-7-14-8(2)5-6-9(11(14)16)10(15)13-12/h5-6H,3-4,7,12H2,1-2H3,(H,13,15). The monoisotopic (exact) mass is 223 g/mol. The first kappa shape index (κ1) is 12.4. The van der Waals surface area contributed by atoms with Crippen LogP contribution in [-0.2, 0) is 6.54 Å². The van der Waals surface area contributed by atoms with E-state index in [2.05, 4.69) is 6.92 Å². The van der Waals surface area contributed by atoms with Gasteiger partial charge < -0.3 is 4.57 Å². The molecule has 0 bridgehead atoms. The number of hydrazine groups is 1. The third kappa shape index (κ3) is 2.49. The molecule has 0 aromatic carbocycles. The lowest BCUT2D eigenvalue weighted by Crippen LogP contribution is -2.37. The summed E-state index contributed by atoms with van der Waals surface area (Å²) in [6.07, 6.45) is 1.91. The molecule has 5 heteroatoms. The molecule has 5 nitrogen and oxygen atoms in total. The molecule has 0 saturated heterocycles. The van der Waals surface area contributed by atoms with Crippen molar-refractivity contribution in [3.05, 3.63) is 33.7 Å². The number of aromatic nitrogens is 1. The normalized spacial score (nSPS) is 10.2. The fourth-order valence-electron chi connectivity index (χ4n) is 1.52. The number of nitrogens with two attached hydrogens (primary N) is 1.